The second kappa shape index (κ2) is 7.50. The van der Waals surface area contributed by atoms with Gasteiger partial charge in [-0.15, -0.1) is 0 Å². The number of aromatic carboxylic acids is 1. The van der Waals surface area contributed by atoms with Crippen molar-refractivity contribution >= 4 is 52.2 Å². The van der Waals surface area contributed by atoms with E-state index >= 15 is 0 Å². The summed E-state index contributed by atoms with van der Waals surface area (Å²) in [4.78, 5) is 16.1. The molecule has 1 N–H and O–H groups in total. The lowest BCUT2D eigenvalue weighted by Gasteiger charge is -2.04. The summed E-state index contributed by atoms with van der Waals surface area (Å²) in [5.74, 6) is 0.173. The lowest BCUT2D eigenvalue weighted by atomic mass is 10.1. The van der Waals surface area contributed by atoms with E-state index in [1.165, 1.54) is 0 Å². The molecule has 0 atom stereocenters. The van der Waals surface area contributed by atoms with Crippen LogP contribution in [0.25, 0.3) is 34.4 Å². The SMILES string of the molecule is O=C(O)c1cc(C=Cc2ccc(-c3cccc(Cl)c3Cl)o2)nc2ccccc12. The van der Waals surface area contributed by atoms with E-state index in [1.54, 1.807) is 60.7 Å². The Kier molecular flexibility index (Phi) is 4.90. The van der Waals surface area contributed by atoms with Gasteiger partial charge in [0, 0.05) is 10.9 Å². The highest BCUT2D eigenvalue weighted by Crippen LogP contribution is 2.34. The molecule has 4 aromatic rings. The lowest BCUT2D eigenvalue weighted by Crippen LogP contribution is -2.00. The summed E-state index contributed by atoms with van der Waals surface area (Å²) in [6.07, 6.45) is 3.44. The summed E-state index contributed by atoms with van der Waals surface area (Å²) < 4.78 is 5.82. The molecule has 0 amide bonds. The fourth-order valence-corrected chi connectivity index (χ4v) is 3.30. The average Bonchev–Trinajstić information content (AvgIpc) is 3.16. The highest BCUT2D eigenvalue weighted by Gasteiger charge is 2.12. The number of carboxylic acid groups (broad SMARTS) is 1. The largest absolute Gasteiger partial charge is 0.478 e. The molecule has 0 spiro atoms. The van der Waals surface area contributed by atoms with E-state index in [2.05, 4.69) is 4.98 Å². The van der Waals surface area contributed by atoms with Crippen molar-refractivity contribution in [2.45, 2.75) is 0 Å². The van der Waals surface area contributed by atoms with Crippen LogP contribution < -0.4 is 0 Å². The number of para-hydroxylation sites is 1. The number of hydrogen-bond acceptors (Lipinski definition) is 3. The number of fused-ring (bicyclic) bond motifs is 1. The predicted molar refractivity (Wildman–Crippen MR) is 112 cm³/mol. The van der Waals surface area contributed by atoms with Gasteiger partial charge < -0.3 is 9.52 Å². The van der Waals surface area contributed by atoms with Gasteiger partial charge in [0.1, 0.15) is 11.5 Å². The molecular weight excluding hydrogens is 397 g/mol. The molecule has 0 aliphatic rings. The normalized spacial score (nSPS) is 11.4. The van der Waals surface area contributed by atoms with Gasteiger partial charge in [-0.3, -0.25) is 0 Å². The molecule has 0 aliphatic heterocycles. The number of halogens is 2. The van der Waals surface area contributed by atoms with Gasteiger partial charge in [0.25, 0.3) is 0 Å². The number of pyridine rings is 1. The van der Waals surface area contributed by atoms with Crippen LogP contribution in [0.15, 0.2) is 65.1 Å². The number of benzene rings is 2. The van der Waals surface area contributed by atoms with Crippen molar-refractivity contribution in [3.63, 3.8) is 0 Å². The zero-order valence-electron chi connectivity index (χ0n) is 14.4. The molecule has 0 unspecified atom stereocenters. The quantitative estimate of drug-likeness (QED) is 0.408. The van der Waals surface area contributed by atoms with Crippen LogP contribution in [0.5, 0.6) is 0 Å². The molecule has 2 heterocycles. The first-order valence-corrected chi connectivity index (χ1v) is 9.14. The molecule has 138 valence electrons. The van der Waals surface area contributed by atoms with Crippen molar-refractivity contribution in [3.8, 4) is 11.3 Å². The maximum atomic E-state index is 11.6. The summed E-state index contributed by atoms with van der Waals surface area (Å²) in [7, 11) is 0. The molecule has 0 aliphatic carbocycles. The second-order valence-corrected chi connectivity index (χ2v) is 6.84. The number of nitrogens with zero attached hydrogens (tertiary/aromatic N) is 1. The number of carboxylic acids is 1. The number of aromatic nitrogens is 1. The van der Waals surface area contributed by atoms with Gasteiger partial charge >= 0.3 is 5.97 Å². The maximum absolute atomic E-state index is 11.6. The zero-order valence-corrected chi connectivity index (χ0v) is 15.9. The minimum absolute atomic E-state index is 0.205. The smallest absolute Gasteiger partial charge is 0.336 e. The van der Waals surface area contributed by atoms with Crippen LogP contribution in [0.3, 0.4) is 0 Å². The summed E-state index contributed by atoms with van der Waals surface area (Å²) in [5.41, 5.74) is 2.05. The van der Waals surface area contributed by atoms with Crippen molar-refractivity contribution in [1.29, 1.82) is 0 Å². The Morgan fingerprint density at radius 3 is 2.64 bits per heavy atom. The molecule has 4 rings (SSSR count). The highest BCUT2D eigenvalue weighted by atomic mass is 35.5. The Morgan fingerprint density at radius 1 is 1.00 bits per heavy atom. The van der Waals surface area contributed by atoms with E-state index in [0.29, 0.717) is 43.7 Å². The minimum Gasteiger partial charge on any atom is -0.478 e. The predicted octanol–water partition coefficient (Wildman–Crippen LogP) is 6.67. The third-order valence-electron chi connectivity index (χ3n) is 4.23. The van der Waals surface area contributed by atoms with Gasteiger partial charge in [-0.25, -0.2) is 9.78 Å². The van der Waals surface area contributed by atoms with Crippen LogP contribution in [-0.4, -0.2) is 16.1 Å². The fourth-order valence-electron chi connectivity index (χ4n) is 2.91. The van der Waals surface area contributed by atoms with E-state index in [0.717, 1.165) is 0 Å². The van der Waals surface area contributed by atoms with E-state index in [4.69, 9.17) is 27.6 Å². The van der Waals surface area contributed by atoms with Crippen LogP contribution in [-0.2, 0) is 0 Å². The fraction of sp³-hybridized carbons (Fsp3) is 0. The molecule has 0 saturated heterocycles. The van der Waals surface area contributed by atoms with Gasteiger partial charge in [-0.2, -0.15) is 0 Å². The Morgan fingerprint density at radius 2 is 1.82 bits per heavy atom. The van der Waals surface area contributed by atoms with E-state index < -0.39 is 5.97 Å². The Labute approximate surface area is 170 Å². The monoisotopic (exact) mass is 409 g/mol. The summed E-state index contributed by atoms with van der Waals surface area (Å²) >= 11 is 12.3. The van der Waals surface area contributed by atoms with E-state index in [-0.39, 0.29) is 5.56 Å². The van der Waals surface area contributed by atoms with Gasteiger partial charge in [-0.05, 0) is 48.6 Å². The van der Waals surface area contributed by atoms with Crippen LogP contribution in [0, 0.1) is 0 Å². The lowest BCUT2D eigenvalue weighted by molar-refractivity contribution is 0.0699. The third-order valence-corrected chi connectivity index (χ3v) is 5.05. The molecule has 4 nitrogen and oxygen atoms in total. The molecule has 0 saturated carbocycles. The molecule has 2 aromatic heterocycles. The first kappa shape index (κ1) is 18.3. The molecule has 0 bridgehead atoms. The molecule has 6 heteroatoms. The summed E-state index contributed by atoms with van der Waals surface area (Å²) in [5, 5.41) is 11.0. The minimum atomic E-state index is -0.996. The molecule has 2 aromatic carbocycles. The van der Waals surface area contributed by atoms with Gasteiger partial charge in [0.15, 0.2) is 0 Å². The van der Waals surface area contributed by atoms with Crippen molar-refractivity contribution in [1.82, 2.24) is 4.98 Å². The van der Waals surface area contributed by atoms with Crippen molar-refractivity contribution in [3.05, 3.63) is 87.7 Å². The van der Waals surface area contributed by atoms with Crippen LogP contribution in [0.1, 0.15) is 21.8 Å². The number of carbonyl (C=O) groups is 1. The first-order chi connectivity index (χ1) is 13.5. The molecule has 28 heavy (non-hydrogen) atoms. The molecule has 0 fully saturated rings. The maximum Gasteiger partial charge on any atom is 0.336 e. The van der Waals surface area contributed by atoms with Crippen molar-refractivity contribution in [2.75, 3.05) is 0 Å². The number of hydrogen-bond donors (Lipinski definition) is 1. The third kappa shape index (κ3) is 3.52. The number of furan rings is 1. The van der Waals surface area contributed by atoms with Crippen molar-refractivity contribution < 1.29 is 14.3 Å². The summed E-state index contributed by atoms with van der Waals surface area (Å²) in [6, 6.07) is 17.6. The van der Waals surface area contributed by atoms with Crippen LogP contribution in [0.2, 0.25) is 10.0 Å². The van der Waals surface area contributed by atoms with Gasteiger partial charge in [0.05, 0.1) is 26.8 Å². The van der Waals surface area contributed by atoms with Gasteiger partial charge in [0.2, 0.25) is 0 Å². The van der Waals surface area contributed by atoms with E-state index in [9.17, 15) is 9.90 Å². The van der Waals surface area contributed by atoms with Crippen LogP contribution in [0.4, 0.5) is 0 Å². The highest BCUT2D eigenvalue weighted by molar-refractivity contribution is 6.43. The standard InChI is InChI=1S/C22H13Cl2NO3/c23-18-6-3-5-16(21(18)24)20-11-10-14(28-20)9-8-13-12-17(22(26)27)15-4-1-2-7-19(15)25-13/h1-12H,(H,26,27). The zero-order chi connectivity index (χ0) is 19.7. The molecular formula is C22H13Cl2NO3. The summed E-state index contributed by atoms with van der Waals surface area (Å²) in [6.45, 7) is 0. The Balaban J connectivity index is 1.68. The Hall–Kier alpha value is -3.08. The second-order valence-electron chi connectivity index (χ2n) is 6.05. The molecule has 0 radical (unpaired) electrons. The Bertz CT molecular complexity index is 1230. The van der Waals surface area contributed by atoms with E-state index in [1.807, 2.05) is 12.1 Å². The van der Waals surface area contributed by atoms with Gasteiger partial charge in [-0.1, -0.05) is 47.5 Å². The first-order valence-electron chi connectivity index (χ1n) is 8.38. The topological polar surface area (TPSA) is 63.3 Å². The van der Waals surface area contributed by atoms with Crippen molar-refractivity contribution in [2.24, 2.45) is 0 Å². The average molecular weight is 410 g/mol. The number of rotatable bonds is 4. The van der Waals surface area contributed by atoms with Crippen LogP contribution >= 0.6 is 23.2 Å².